The van der Waals surface area contributed by atoms with Crippen LogP contribution < -0.4 is 11.3 Å². The quantitative estimate of drug-likeness (QED) is 0.310. The van der Waals surface area contributed by atoms with Gasteiger partial charge < -0.3 is 4.57 Å². The molecule has 1 saturated carbocycles. The Morgan fingerprint density at radius 3 is 3.21 bits per heavy atom. The summed E-state index contributed by atoms with van der Waals surface area (Å²) < 4.78 is 2.01. The zero-order chi connectivity index (χ0) is 9.97. The number of nitrogens with two attached hydrogens (primary N) is 1. The van der Waals surface area contributed by atoms with Crippen LogP contribution in [-0.2, 0) is 4.79 Å². The van der Waals surface area contributed by atoms with Crippen LogP contribution in [0.2, 0.25) is 0 Å². The smallest absolute Gasteiger partial charge is 0.244 e. The van der Waals surface area contributed by atoms with Crippen LogP contribution in [0.15, 0.2) is 11.5 Å². The highest BCUT2D eigenvalue weighted by Gasteiger charge is 2.26. The second kappa shape index (κ2) is 3.97. The molecule has 0 spiro atoms. The lowest BCUT2D eigenvalue weighted by molar-refractivity contribution is -0.118. The van der Waals surface area contributed by atoms with Gasteiger partial charge in [-0.2, -0.15) is 0 Å². The molecule has 0 bridgehead atoms. The molecule has 76 valence electrons. The molecule has 0 radical (unpaired) electrons. The first-order valence-electron chi connectivity index (χ1n) is 4.33. The van der Waals surface area contributed by atoms with Crippen molar-refractivity contribution in [1.82, 2.24) is 20.2 Å². The van der Waals surface area contributed by atoms with Crippen LogP contribution in [0.25, 0.3) is 0 Å². The van der Waals surface area contributed by atoms with E-state index in [-0.39, 0.29) is 11.7 Å². The normalized spacial score (nSPS) is 15.5. The van der Waals surface area contributed by atoms with Gasteiger partial charge in [-0.15, -0.1) is 10.2 Å². The average molecular weight is 213 g/mol. The van der Waals surface area contributed by atoms with E-state index in [1.165, 1.54) is 24.6 Å². The van der Waals surface area contributed by atoms with E-state index in [9.17, 15) is 4.79 Å². The Kier molecular flexibility index (Phi) is 2.69. The monoisotopic (exact) mass is 213 g/mol. The lowest BCUT2D eigenvalue weighted by atomic mass is 10.7. The standard InChI is InChI=1S/C7H11N5OS/c8-10-6(13)3-14-7-11-9-4-12(7)5-1-2-5/h4-5H,1-3,8H2,(H,10,13). The Bertz CT molecular complexity index is 335. The first-order chi connectivity index (χ1) is 6.81. The summed E-state index contributed by atoms with van der Waals surface area (Å²) in [7, 11) is 0. The van der Waals surface area contributed by atoms with E-state index in [0.717, 1.165) is 5.16 Å². The van der Waals surface area contributed by atoms with Crippen molar-refractivity contribution in [2.24, 2.45) is 5.84 Å². The molecule has 3 N–H and O–H groups in total. The van der Waals surface area contributed by atoms with Gasteiger partial charge in [0.25, 0.3) is 0 Å². The van der Waals surface area contributed by atoms with Gasteiger partial charge in [0.15, 0.2) is 5.16 Å². The second-order valence-corrected chi connectivity index (χ2v) is 4.05. The molecule has 1 fully saturated rings. The molecule has 7 heteroatoms. The van der Waals surface area contributed by atoms with Crippen molar-refractivity contribution in [2.45, 2.75) is 24.0 Å². The second-order valence-electron chi connectivity index (χ2n) is 3.11. The maximum atomic E-state index is 10.9. The largest absolute Gasteiger partial charge is 0.306 e. The maximum Gasteiger partial charge on any atom is 0.244 e. The van der Waals surface area contributed by atoms with Gasteiger partial charge >= 0.3 is 0 Å². The number of thioether (sulfide) groups is 1. The Morgan fingerprint density at radius 1 is 1.79 bits per heavy atom. The van der Waals surface area contributed by atoms with Crippen molar-refractivity contribution in [3.05, 3.63) is 6.33 Å². The summed E-state index contributed by atoms with van der Waals surface area (Å²) in [6.07, 6.45) is 4.06. The van der Waals surface area contributed by atoms with Gasteiger partial charge in [0.2, 0.25) is 5.91 Å². The number of hydrogen-bond donors (Lipinski definition) is 2. The van der Waals surface area contributed by atoms with Gasteiger partial charge in [0, 0.05) is 6.04 Å². The third-order valence-electron chi connectivity index (χ3n) is 1.97. The molecule has 1 aliphatic carbocycles. The first kappa shape index (κ1) is 9.47. The first-order valence-corrected chi connectivity index (χ1v) is 5.31. The Labute approximate surface area is 85.2 Å². The Balaban J connectivity index is 1.94. The van der Waals surface area contributed by atoms with Crippen molar-refractivity contribution < 1.29 is 4.79 Å². The number of rotatable bonds is 4. The van der Waals surface area contributed by atoms with Crippen LogP contribution in [0.3, 0.4) is 0 Å². The third kappa shape index (κ3) is 2.05. The molecule has 0 aromatic carbocycles. The predicted octanol–water partition coefficient (Wildman–Crippen LogP) is -0.305. The van der Waals surface area contributed by atoms with E-state index >= 15 is 0 Å². The number of nitrogens with zero attached hydrogens (tertiary/aromatic N) is 3. The summed E-state index contributed by atoms with van der Waals surface area (Å²) in [6.45, 7) is 0. The number of hydrazine groups is 1. The summed E-state index contributed by atoms with van der Waals surface area (Å²) in [4.78, 5) is 10.9. The van der Waals surface area contributed by atoms with Crippen LogP contribution in [0.5, 0.6) is 0 Å². The summed E-state index contributed by atoms with van der Waals surface area (Å²) >= 11 is 1.35. The number of nitrogens with one attached hydrogen (secondary N) is 1. The van der Waals surface area contributed by atoms with Crippen LogP contribution in [0, 0.1) is 0 Å². The molecule has 14 heavy (non-hydrogen) atoms. The zero-order valence-electron chi connectivity index (χ0n) is 7.51. The number of amides is 1. The van der Waals surface area contributed by atoms with E-state index in [0.29, 0.717) is 6.04 Å². The van der Waals surface area contributed by atoms with Gasteiger partial charge in [-0.25, -0.2) is 5.84 Å². The minimum absolute atomic E-state index is 0.208. The zero-order valence-corrected chi connectivity index (χ0v) is 8.33. The summed E-state index contributed by atoms with van der Waals surface area (Å²) in [5.74, 6) is 5.04. The van der Waals surface area contributed by atoms with Crippen molar-refractivity contribution in [2.75, 3.05) is 5.75 Å². The minimum Gasteiger partial charge on any atom is -0.306 e. The number of hydrogen-bond acceptors (Lipinski definition) is 5. The average Bonchev–Trinajstić information content (AvgIpc) is 2.94. The summed E-state index contributed by atoms with van der Waals surface area (Å²) in [5.41, 5.74) is 2.07. The SMILES string of the molecule is NNC(=O)CSc1nncn1C1CC1. The fourth-order valence-electron chi connectivity index (χ4n) is 1.11. The molecule has 2 rings (SSSR count). The molecule has 1 amide bonds. The Hall–Kier alpha value is -1.08. The molecule has 0 unspecified atom stereocenters. The van der Waals surface area contributed by atoms with E-state index in [2.05, 4.69) is 15.6 Å². The molecule has 1 aliphatic rings. The van der Waals surface area contributed by atoms with Crippen molar-refractivity contribution >= 4 is 17.7 Å². The van der Waals surface area contributed by atoms with Crippen LogP contribution in [0.4, 0.5) is 0 Å². The molecule has 0 atom stereocenters. The summed E-state index contributed by atoms with van der Waals surface area (Å²) in [6, 6.07) is 0.536. The highest BCUT2D eigenvalue weighted by atomic mass is 32.2. The molecule has 0 aliphatic heterocycles. The molecule has 1 aromatic heterocycles. The van der Waals surface area contributed by atoms with E-state index in [1.807, 2.05) is 4.57 Å². The van der Waals surface area contributed by atoms with Gasteiger partial charge in [-0.1, -0.05) is 11.8 Å². The van der Waals surface area contributed by atoms with Crippen LogP contribution >= 0.6 is 11.8 Å². The highest BCUT2D eigenvalue weighted by molar-refractivity contribution is 7.99. The molecule has 1 aromatic rings. The topological polar surface area (TPSA) is 85.8 Å². The minimum atomic E-state index is -0.208. The van der Waals surface area contributed by atoms with Gasteiger partial charge in [0.05, 0.1) is 5.75 Å². The van der Waals surface area contributed by atoms with E-state index in [4.69, 9.17) is 5.84 Å². The number of aromatic nitrogens is 3. The number of carbonyl (C=O) groups is 1. The predicted molar refractivity (Wildman–Crippen MR) is 51.3 cm³/mol. The van der Waals surface area contributed by atoms with Crippen molar-refractivity contribution in [3.8, 4) is 0 Å². The van der Waals surface area contributed by atoms with Crippen LogP contribution in [-0.4, -0.2) is 26.4 Å². The molecule has 6 nitrogen and oxygen atoms in total. The van der Waals surface area contributed by atoms with E-state index in [1.54, 1.807) is 6.33 Å². The molecular weight excluding hydrogens is 202 g/mol. The van der Waals surface area contributed by atoms with Crippen LogP contribution in [0.1, 0.15) is 18.9 Å². The van der Waals surface area contributed by atoms with Crippen molar-refractivity contribution in [1.29, 1.82) is 0 Å². The lowest BCUT2D eigenvalue weighted by Gasteiger charge is -2.02. The molecule has 0 saturated heterocycles. The van der Waals surface area contributed by atoms with Gasteiger partial charge in [0.1, 0.15) is 6.33 Å². The van der Waals surface area contributed by atoms with Gasteiger partial charge in [-0.3, -0.25) is 10.2 Å². The fourth-order valence-corrected chi connectivity index (χ4v) is 1.90. The van der Waals surface area contributed by atoms with E-state index < -0.39 is 0 Å². The lowest BCUT2D eigenvalue weighted by Crippen LogP contribution is -2.31. The van der Waals surface area contributed by atoms with Gasteiger partial charge in [-0.05, 0) is 12.8 Å². The maximum absolute atomic E-state index is 10.9. The number of carbonyl (C=O) groups excluding carboxylic acids is 1. The fraction of sp³-hybridized carbons (Fsp3) is 0.571. The molecular formula is C7H11N5OS. The van der Waals surface area contributed by atoms with Crippen molar-refractivity contribution in [3.63, 3.8) is 0 Å². The highest BCUT2D eigenvalue weighted by Crippen LogP contribution is 2.37. The molecule has 1 heterocycles. The Morgan fingerprint density at radius 2 is 2.57 bits per heavy atom. The summed E-state index contributed by atoms with van der Waals surface area (Å²) in [5, 5.41) is 8.54. The third-order valence-corrected chi connectivity index (χ3v) is 2.93.